The lowest BCUT2D eigenvalue weighted by molar-refractivity contribution is 0.373. The first kappa shape index (κ1) is 12.7. The number of halogens is 1. The molecule has 0 saturated carbocycles. The van der Waals surface area contributed by atoms with Gasteiger partial charge in [0.15, 0.2) is 11.5 Å². The Morgan fingerprint density at radius 3 is 2.56 bits per heavy atom. The molecule has 1 aromatic heterocycles. The minimum atomic E-state index is 0.0763. The molecule has 0 aliphatic carbocycles. The van der Waals surface area contributed by atoms with Crippen LogP contribution in [0.3, 0.4) is 0 Å². The van der Waals surface area contributed by atoms with E-state index in [-0.39, 0.29) is 5.75 Å². The van der Waals surface area contributed by atoms with Gasteiger partial charge in [-0.05, 0) is 46.9 Å². The number of methoxy groups -OCH3 is 1. The summed E-state index contributed by atoms with van der Waals surface area (Å²) in [5, 5.41) is 17.5. The smallest absolute Gasteiger partial charge is 0.162 e. The van der Waals surface area contributed by atoms with Gasteiger partial charge in [0.05, 0.1) is 19.0 Å². The molecule has 18 heavy (non-hydrogen) atoms. The molecule has 1 heterocycles. The van der Waals surface area contributed by atoms with Crippen molar-refractivity contribution in [2.45, 2.75) is 0 Å². The molecular formula is C12H10IN3O2. The topological polar surface area (TPSA) is 67.1 Å². The van der Waals surface area contributed by atoms with Crippen LogP contribution in [0.1, 0.15) is 0 Å². The van der Waals surface area contributed by atoms with E-state index in [9.17, 15) is 5.11 Å². The highest BCUT2D eigenvalue weighted by molar-refractivity contribution is 14.1. The van der Waals surface area contributed by atoms with Crippen molar-refractivity contribution in [1.82, 2.24) is 4.98 Å². The first-order chi connectivity index (χ1) is 8.69. The van der Waals surface area contributed by atoms with Crippen LogP contribution in [0.5, 0.6) is 11.5 Å². The van der Waals surface area contributed by atoms with Crippen molar-refractivity contribution >= 4 is 34.0 Å². The normalized spacial score (nSPS) is 10.8. The Hall–Kier alpha value is -1.70. The number of nitrogens with zero attached hydrogens (tertiary/aromatic N) is 3. The van der Waals surface area contributed by atoms with Crippen LogP contribution in [-0.2, 0) is 0 Å². The van der Waals surface area contributed by atoms with E-state index < -0.39 is 0 Å². The van der Waals surface area contributed by atoms with Crippen LogP contribution in [0.4, 0.5) is 11.4 Å². The number of phenols is 1. The van der Waals surface area contributed by atoms with E-state index in [2.05, 4.69) is 37.8 Å². The van der Waals surface area contributed by atoms with Gasteiger partial charge >= 0.3 is 0 Å². The average Bonchev–Trinajstić information content (AvgIpc) is 2.39. The summed E-state index contributed by atoms with van der Waals surface area (Å²) >= 11 is 2.12. The number of ether oxygens (including phenoxy) is 1. The highest BCUT2D eigenvalue weighted by Gasteiger charge is 2.01. The van der Waals surface area contributed by atoms with E-state index in [1.165, 1.54) is 13.2 Å². The first-order valence-electron chi connectivity index (χ1n) is 5.09. The van der Waals surface area contributed by atoms with Gasteiger partial charge < -0.3 is 9.84 Å². The summed E-state index contributed by atoms with van der Waals surface area (Å²) in [6.45, 7) is 0. The van der Waals surface area contributed by atoms with E-state index in [0.29, 0.717) is 17.1 Å². The minimum absolute atomic E-state index is 0.0763. The molecule has 0 fully saturated rings. The van der Waals surface area contributed by atoms with E-state index in [4.69, 9.17) is 4.74 Å². The summed E-state index contributed by atoms with van der Waals surface area (Å²) in [6, 6.07) is 8.46. The lowest BCUT2D eigenvalue weighted by Crippen LogP contribution is -1.82. The quantitative estimate of drug-likeness (QED) is 0.517. The summed E-state index contributed by atoms with van der Waals surface area (Å²) < 4.78 is 5.89. The summed E-state index contributed by atoms with van der Waals surface area (Å²) in [7, 11) is 1.49. The number of aromatic nitrogens is 1. The summed E-state index contributed by atoms with van der Waals surface area (Å²) in [5.41, 5.74) is 1.27. The van der Waals surface area contributed by atoms with Crippen molar-refractivity contribution in [3.8, 4) is 11.5 Å². The first-order valence-corrected chi connectivity index (χ1v) is 6.17. The predicted octanol–water partition coefficient (Wildman–Crippen LogP) is 3.82. The Morgan fingerprint density at radius 2 is 1.89 bits per heavy atom. The maximum atomic E-state index is 9.44. The zero-order chi connectivity index (χ0) is 13.0. The standard InChI is InChI=1S/C12H10IN3O2/c1-18-11-6-8(2-4-10(11)17)15-16-9-3-5-12(13)14-7-9/h2-7,17H,1H3. The fraction of sp³-hybridized carbons (Fsp3) is 0.0833. The van der Waals surface area contributed by atoms with E-state index in [1.807, 2.05) is 12.1 Å². The van der Waals surface area contributed by atoms with Gasteiger partial charge in [0.1, 0.15) is 9.39 Å². The molecule has 0 amide bonds. The number of hydrogen-bond acceptors (Lipinski definition) is 5. The van der Waals surface area contributed by atoms with Gasteiger partial charge in [0.25, 0.3) is 0 Å². The van der Waals surface area contributed by atoms with Crippen LogP contribution in [0.25, 0.3) is 0 Å². The highest BCUT2D eigenvalue weighted by atomic mass is 127. The summed E-state index contributed by atoms with van der Waals surface area (Å²) in [6.07, 6.45) is 1.64. The van der Waals surface area contributed by atoms with Crippen molar-refractivity contribution in [2.75, 3.05) is 7.11 Å². The Kier molecular flexibility index (Phi) is 4.08. The van der Waals surface area contributed by atoms with Crippen LogP contribution in [0.15, 0.2) is 46.8 Å². The van der Waals surface area contributed by atoms with Crippen LogP contribution < -0.4 is 4.74 Å². The summed E-state index contributed by atoms with van der Waals surface area (Å²) in [4.78, 5) is 4.11. The number of pyridine rings is 1. The van der Waals surface area contributed by atoms with Gasteiger partial charge in [0, 0.05) is 6.07 Å². The molecule has 0 unspecified atom stereocenters. The predicted molar refractivity (Wildman–Crippen MR) is 75.8 cm³/mol. The highest BCUT2D eigenvalue weighted by Crippen LogP contribution is 2.30. The lowest BCUT2D eigenvalue weighted by atomic mass is 10.3. The molecule has 0 atom stereocenters. The SMILES string of the molecule is COc1cc(N=Nc2ccc(I)nc2)ccc1O. The number of aromatic hydroxyl groups is 1. The second-order valence-corrected chi connectivity index (χ2v) is 4.50. The maximum absolute atomic E-state index is 9.44. The largest absolute Gasteiger partial charge is 0.504 e. The van der Waals surface area contributed by atoms with Gasteiger partial charge in [-0.1, -0.05) is 0 Å². The number of rotatable bonds is 3. The molecule has 0 radical (unpaired) electrons. The maximum Gasteiger partial charge on any atom is 0.162 e. The van der Waals surface area contributed by atoms with Gasteiger partial charge in [-0.15, -0.1) is 5.11 Å². The fourth-order valence-corrected chi connectivity index (χ4v) is 1.59. The Balaban J connectivity index is 2.20. The van der Waals surface area contributed by atoms with Crippen LogP contribution >= 0.6 is 22.6 Å². The second-order valence-electron chi connectivity index (χ2n) is 3.40. The number of hydrogen-bond donors (Lipinski definition) is 1. The zero-order valence-corrected chi connectivity index (χ0v) is 11.7. The van der Waals surface area contributed by atoms with Gasteiger partial charge in [-0.2, -0.15) is 5.11 Å². The van der Waals surface area contributed by atoms with Crippen molar-refractivity contribution in [3.63, 3.8) is 0 Å². The fourth-order valence-electron chi connectivity index (χ4n) is 1.27. The molecular weight excluding hydrogens is 345 g/mol. The zero-order valence-electron chi connectivity index (χ0n) is 9.54. The molecule has 2 rings (SSSR count). The molecule has 2 aromatic rings. The Bertz CT molecular complexity index is 570. The number of benzene rings is 1. The lowest BCUT2D eigenvalue weighted by Gasteiger charge is -2.02. The Labute approximate surface area is 118 Å². The van der Waals surface area contributed by atoms with Gasteiger partial charge in [-0.3, -0.25) is 0 Å². The minimum Gasteiger partial charge on any atom is -0.504 e. The third-order valence-electron chi connectivity index (χ3n) is 2.16. The van der Waals surface area contributed by atoms with E-state index in [1.54, 1.807) is 18.3 Å². The molecule has 0 aliphatic rings. The molecule has 92 valence electrons. The molecule has 5 nitrogen and oxygen atoms in total. The van der Waals surface area contributed by atoms with E-state index >= 15 is 0 Å². The Morgan fingerprint density at radius 1 is 1.17 bits per heavy atom. The van der Waals surface area contributed by atoms with Crippen LogP contribution in [0, 0.1) is 3.70 Å². The molecule has 0 bridgehead atoms. The second kappa shape index (κ2) is 5.76. The van der Waals surface area contributed by atoms with Crippen LogP contribution in [0.2, 0.25) is 0 Å². The molecule has 0 aliphatic heterocycles. The van der Waals surface area contributed by atoms with Crippen LogP contribution in [-0.4, -0.2) is 17.2 Å². The van der Waals surface area contributed by atoms with Gasteiger partial charge in [0.2, 0.25) is 0 Å². The molecule has 0 saturated heterocycles. The monoisotopic (exact) mass is 355 g/mol. The third-order valence-corrected chi connectivity index (χ3v) is 2.79. The average molecular weight is 355 g/mol. The third kappa shape index (κ3) is 3.16. The summed E-state index contributed by atoms with van der Waals surface area (Å²) in [5.74, 6) is 0.444. The van der Waals surface area contributed by atoms with Crippen molar-refractivity contribution in [2.24, 2.45) is 10.2 Å². The molecule has 0 spiro atoms. The van der Waals surface area contributed by atoms with Gasteiger partial charge in [-0.25, -0.2) is 4.98 Å². The number of azo groups is 1. The molecule has 6 heteroatoms. The van der Waals surface area contributed by atoms with E-state index in [0.717, 1.165) is 3.70 Å². The number of phenolic OH excluding ortho intramolecular Hbond substituents is 1. The van der Waals surface area contributed by atoms with Crippen molar-refractivity contribution in [1.29, 1.82) is 0 Å². The molecule has 1 aromatic carbocycles. The van der Waals surface area contributed by atoms with Crippen molar-refractivity contribution < 1.29 is 9.84 Å². The molecule has 1 N–H and O–H groups in total. The van der Waals surface area contributed by atoms with Crippen molar-refractivity contribution in [3.05, 3.63) is 40.2 Å².